The second-order valence-corrected chi connectivity index (χ2v) is 7.51. The van der Waals surface area contributed by atoms with E-state index in [1.54, 1.807) is 45.0 Å². The normalized spacial score (nSPS) is 11.9. The van der Waals surface area contributed by atoms with Gasteiger partial charge in [-0.15, -0.1) is 0 Å². The standard InChI is InChI=1S/C14H21NO5S/c1-14(2,3)20-13(16)15(21(5,17)18)10-11-7-6-8-12(9-11)19-4/h6-9H,10H2,1-5H3. The van der Waals surface area contributed by atoms with Gasteiger partial charge in [0.25, 0.3) is 0 Å². The number of ether oxygens (including phenoxy) is 2. The minimum atomic E-state index is -3.74. The third-order valence-electron chi connectivity index (χ3n) is 2.46. The van der Waals surface area contributed by atoms with Crippen LogP contribution in [-0.4, -0.2) is 37.8 Å². The van der Waals surface area contributed by atoms with E-state index in [1.807, 2.05) is 0 Å². The average Bonchev–Trinajstić information content (AvgIpc) is 2.32. The number of benzene rings is 1. The van der Waals surface area contributed by atoms with Crippen molar-refractivity contribution in [3.63, 3.8) is 0 Å². The average molecular weight is 315 g/mol. The molecule has 0 fully saturated rings. The highest BCUT2D eigenvalue weighted by molar-refractivity contribution is 7.88. The Morgan fingerprint density at radius 1 is 1.29 bits per heavy atom. The molecule has 0 spiro atoms. The maximum Gasteiger partial charge on any atom is 0.424 e. The van der Waals surface area contributed by atoms with Gasteiger partial charge >= 0.3 is 6.09 Å². The summed E-state index contributed by atoms with van der Waals surface area (Å²) in [7, 11) is -2.22. The molecular formula is C14H21NO5S. The Labute approximate surface area is 125 Å². The fraction of sp³-hybridized carbons (Fsp3) is 0.500. The molecule has 0 atom stereocenters. The number of sulfonamides is 1. The Morgan fingerprint density at radius 2 is 1.90 bits per heavy atom. The van der Waals surface area contributed by atoms with Crippen molar-refractivity contribution in [2.75, 3.05) is 13.4 Å². The summed E-state index contributed by atoms with van der Waals surface area (Å²) in [6, 6.07) is 6.85. The smallest absolute Gasteiger partial charge is 0.424 e. The molecule has 1 aromatic carbocycles. The number of amides is 1. The zero-order chi connectivity index (χ0) is 16.3. The first-order valence-corrected chi connectivity index (χ1v) is 8.21. The predicted molar refractivity (Wildman–Crippen MR) is 79.6 cm³/mol. The van der Waals surface area contributed by atoms with Crippen molar-refractivity contribution in [2.45, 2.75) is 32.9 Å². The van der Waals surface area contributed by atoms with Gasteiger partial charge in [0.2, 0.25) is 10.0 Å². The second kappa shape index (κ2) is 6.34. The van der Waals surface area contributed by atoms with Gasteiger partial charge in [-0.1, -0.05) is 12.1 Å². The summed E-state index contributed by atoms with van der Waals surface area (Å²) in [4.78, 5) is 12.1. The largest absolute Gasteiger partial charge is 0.497 e. The van der Waals surface area contributed by atoms with E-state index < -0.39 is 21.7 Å². The van der Waals surface area contributed by atoms with Gasteiger partial charge < -0.3 is 9.47 Å². The van der Waals surface area contributed by atoms with E-state index in [9.17, 15) is 13.2 Å². The van der Waals surface area contributed by atoms with Crippen LogP contribution in [0.5, 0.6) is 5.75 Å². The molecule has 118 valence electrons. The number of hydrogen-bond donors (Lipinski definition) is 0. The Hall–Kier alpha value is -1.76. The number of nitrogens with zero attached hydrogens (tertiary/aromatic N) is 1. The highest BCUT2D eigenvalue weighted by Crippen LogP contribution is 2.18. The fourth-order valence-electron chi connectivity index (χ4n) is 1.57. The van der Waals surface area contributed by atoms with Crippen molar-refractivity contribution in [2.24, 2.45) is 0 Å². The van der Waals surface area contributed by atoms with Crippen LogP contribution in [0.2, 0.25) is 0 Å². The quantitative estimate of drug-likeness (QED) is 0.853. The lowest BCUT2D eigenvalue weighted by Gasteiger charge is -2.26. The van der Waals surface area contributed by atoms with Crippen molar-refractivity contribution in [3.05, 3.63) is 29.8 Å². The zero-order valence-corrected chi connectivity index (χ0v) is 13.7. The molecule has 0 saturated carbocycles. The van der Waals surface area contributed by atoms with Crippen molar-refractivity contribution in [1.82, 2.24) is 4.31 Å². The van der Waals surface area contributed by atoms with E-state index >= 15 is 0 Å². The van der Waals surface area contributed by atoms with Crippen LogP contribution in [0.15, 0.2) is 24.3 Å². The Balaban J connectivity index is 3.02. The maximum atomic E-state index is 12.1. The SMILES string of the molecule is COc1cccc(CN(C(=O)OC(C)(C)C)S(C)(=O)=O)c1. The molecule has 0 heterocycles. The third kappa shape index (κ3) is 5.63. The molecule has 0 aromatic heterocycles. The molecule has 21 heavy (non-hydrogen) atoms. The number of carbonyl (C=O) groups excluding carboxylic acids is 1. The van der Waals surface area contributed by atoms with Crippen LogP contribution >= 0.6 is 0 Å². The van der Waals surface area contributed by atoms with E-state index in [4.69, 9.17) is 9.47 Å². The number of carbonyl (C=O) groups is 1. The molecule has 0 aliphatic heterocycles. The molecule has 0 aliphatic carbocycles. The number of methoxy groups -OCH3 is 1. The minimum absolute atomic E-state index is 0.106. The minimum Gasteiger partial charge on any atom is -0.497 e. The van der Waals surface area contributed by atoms with Crippen LogP contribution in [0.1, 0.15) is 26.3 Å². The van der Waals surface area contributed by atoms with Crippen molar-refractivity contribution in [3.8, 4) is 5.75 Å². The summed E-state index contributed by atoms with van der Waals surface area (Å²) in [5.41, 5.74) is -0.139. The summed E-state index contributed by atoms with van der Waals surface area (Å²) in [6.07, 6.45) is 0.0738. The maximum absolute atomic E-state index is 12.1. The molecule has 0 unspecified atom stereocenters. The third-order valence-corrected chi connectivity index (χ3v) is 3.54. The monoisotopic (exact) mass is 315 g/mol. The molecule has 0 N–H and O–H groups in total. The van der Waals surface area contributed by atoms with Crippen LogP contribution in [0.3, 0.4) is 0 Å². The highest BCUT2D eigenvalue weighted by Gasteiger charge is 2.28. The Kier molecular flexibility index (Phi) is 5.22. The summed E-state index contributed by atoms with van der Waals surface area (Å²) in [5, 5.41) is 0. The van der Waals surface area contributed by atoms with Gasteiger partial charge in [0.15, 0.2) is 0 Å². The number of hydrogen-bond acceptors (Lipinski definition) is 5. The molecule has 0 aliphatic rings. The van der Waals surface area contributed by atoms with E-state index in [0.717, 1.165) is 6.26 Å². The summed E-state index contributed by atoms with van der Waals surface area (Å²) < 4.78 is 34.5. The van der Waals surface area contributed by atoms with Crippen LogP contribution < -0.4 is 4.74 Å². The first kappa shape index (κ1) is 17.3. The van der Waals surface area contributed by atoms with Crippen molar-refractivity contribution >= 4 is 16.1 Å². The van der Waals surface area contributed by atoms with E-state index in [0.29, 0.717) is 15.6 Å². The van der Waals surface area contributed by atoms with Gasteiger partial charge in [-0.05, 0) is 38.5 Å². The van der Waals surface area contributed by atoms with Gasteiger partial charge in [0, 0.05) is 0 Å². The van der Waals surface area contributed by atoms with E-state index in [-0.39, 0.29) is 6.54 Å². The summed E-state index contributed by atoms with van der Waals surface area (Å²) in [5.74, 6) is 0.588. The van der Waals surface area contributed by atoms with E-state index in [1.165, 1.54) is 7.11 Å². The molecule has 1 rings (SSSR count). The van der Waals surface area contributed by atoms with Gasteiger partial charge in [-0.25, -0.2) is 17.5 Å². The molecule has 1 aromatic rings. The second-order valence-electron chi connectivity index (χ2n) is 5.60. The highest BCUT2D eigenvalue weighted by atomic mass is 32.2. The zero-order valence-electron chi connectivity index (χ0n) is 12.9. The van der Waals surface area contributed by atoms with Gasteiger partial charge in [-0.3, -0.25) is 0 Å². The molecule has 1 amide bonds. The topological polar surface area (TPSA) is 72.9 Å². The predicted octanol–water partition coefficient (Wildman–Crippen LogP) is 2.39. The lowest BCUT2D eigenvalue weighted by Crippen LogP contribution is -2.39. The molecule has 0 radical (unpaired) electrons. The van der Waals surface area contributed by atoms with Gasteiger partial charge in [0.1, 0.15) is 11.4 Å². The molecular weight excluding hydrogens is 294 g/mol. The Bertz CT molecular complexity index is 604. The first-order chi connectivity index (χ1) is 9.53. The Morgan fingerprint density at radius 3 is 2.38 bits per heavy atom. The molecule has 7 heteroatoms. The first-order valence-electron chi connectivity index (χ1n) is 6.36. The van der Waals surface area contributed by atoms with Crippen LogP contribution in [-0.2, 0) is 21.3 Å². The summed E-state index contributed by atoms with van der Waals surface area (Å²) in [6.45, 7) is 4.93. The lowest BCUT2D eigenvalue weighted by atomic mass is 10.2. The molecule has 0 bridgehead atoms. The van der Waals surface area contributed by atoms with Crippen molar-refractivity contribution < 1.29 is 22.7 Å². The molecule has 6 nitrogen and oxygen atoms in total. The van der Waals surface area contributed by atoms with Crippen molar-refractivity contribution in [1.29, 1.82) is 0 Å². The summed E-state index contributed by atoms with van der Waals surface area (Å²) >= 11 is 0. The number of rotatable bonds is 4. The lowest BCUT2D eigenvalue weighted by molar-refractivity contribution is 0.0382. The van der Waals surface area contributed by atoms with E-state index in [2.05, 4.69) is 0 Å². The van der Waals surface area contributed by atoms with Crippen LogP contribution in [0.4, 0.5) is 4.79 Å². The fourth-order valence-corrected chi connectivity index (χ4v) is 2.26. The van der Waals surface area contributed by atoms with Gasteiger partial charge in [-0.2, -0.15) is 0 Å². The van der Waals surface area contributed by atoms with Crippen LogP contribution in [0.25, 0.3) is 0 Å². The van der Waals surface area contributed by atoms with Crippen LogP contribution in [0, 0.1) is 0 Å². The van der Waals surface area contributed by atoms with Gasteiger partial charge in [0.05, 0.1) is 19.9 Å². The molecule has 0 saturated heterocycles.